The Bertz CT molecular complexity index is 625. The van der Waals surface area contributed by atoms with E-state index >= 15 is 0 Å². The van der Waals surface area contributed by atoms with Crippen LogP contribution >= 0.6 is 11.6 Å². The van der Waals surface area contributed by atoms with Crippen molar-refractivity contribution in [3.05, 3.63) is 76.8 Å². The molecule has 1 aliphatic rings. The molecule has 2 aromatic carbocycles. The van der Waals surface area contributed by atoms with Crippen LogP contribution < -0.4 is 0 Å². The van der Waals surface area contributed by atoms with Crippen molar-refractivity contribution in [2.24, 2.45) is 0 Å². The maximum Gasteiger partial charge on any atom is 0.0406 e. The van der Waals surface area contributed by atoms with E-state index in [1.165, 1.54) is 49.1 Å². The average Bonchev–Trinajstić information content (AvgIpc) is 2.62. The Hall–Kier alpha value is -1.57. The second-order valence-corrected chi connectivity index (χ2v) is 6.70. The predicted molar refractivity (Wildman–Crippen MR) is 99.9 cm³/mol. The number of benzene rings is 2. The zero-order valence-corrected chi connectivity index (χ0v) is 14.3. The van der Waals surface area contributed by atoms with Crippen molar-refractivity contribution in [1.29, 1.82) is 0 Å². The Balaban J connectivity index is 1.77. The first-order valence-corrected chi connectivity index (χ1v) is 8.90. The van der Waals surface area contributed by atoms with Gasteiger partial charge in [-0.05, 0) is 61.2 Å². The van der Waals surface area contributed by atoms with E-state index in [2.05, 4.69) is 53.4 Å². The Kier molecular flexibility index (Phi) is 5.90. The number of piperidine rings is 1. The molecule has 1 fully saturated rings. The molecule has 1 aliphatic heterocycles. The van der Waals surface area contributed by atoms with Crippen LogP contribution in [0.5, 0.6) is 0 Å². The van der Waals surface area contributed by atoms with Gasteiger partial charge in [0, 0.05) is 11.6 Å². The summed E-state index contributed by atoms with van der Waals surface area (Å²) in [5, 5.41) is 0.798. The van der Waals surface area contributed by atoms with Gasteiger partial charge in [0.05, 0.1) is 0 Å². The van der Waals surface area contributed by atoms with E-state index in [4.69, 9.17) is 11.6 Å². The first kappa shape index (κ1) is 16.3. The molecule has 0 aromatic heterocycles. The molecule has 0 amide bonds. The highest BCUT2D eigenvalue weighted by Gasteiger charge is 2.09. The fourth-order valence-corrected chi connectivity index (χ4v) is 3.27. The minimum Gasteiger partial charge on any atom is -0.300 e. The fraction of sp³-hybridized carbons (Fsp3) is 0.333. The second-order valence-electron chi connectivity index (χ2n) is 6.26. The molecule has 0 bridgehead atoms. The number of hydrogen-bond acceptors (Lipinski definition) is 1. The van der Waals surface area contributed by atoms with Crippen LogP contribution in [-0.2, 0) is 6.42 Å². The molecular weight excluding hydrogens is 302 g/mol. The number of rotatable bonds is 5. The Morgan fingerprint density at radius 3 is 2.30 bits per heavy atom. The van der Waals surface area contributed by atoms with Gasteiger partial charge in [0.2, 0.25) is 0 Å². The normalized spacial score (nSPS) is 16.5. The Morgan fingerprint density at radius 2 is 1.61 bits per heavy atom. The minimum absolute atomic E-state index is 0.798. The summed E-state index contributed by atoms with van der Waals surface area (Å²) in [4.78, 5) is 2.56. The number of likely N-dealkylation sites (tertiary alicyclic amines) is 1. The molecule has 1 heterocycles. The van der Waals surface area contributed by atoms with Gasteiger partial charge in [0.25, 0.3) is 0 Å². The van der Waals surface area contributed by atoms with Gasteiger partial charge < -0.3 is 0 Å². The fourth-order valence-electron chi connectivity index (χ4n) is 3.15. The van der Waals surface area contributed by atoms with Crippen molar-refractivity contribution in [2.75, 3.05) is 19.6 Å². The number of nitrogens with zero attached hydrogens (tertiary/aromatic N) is 1. The summed E-state index contributed by atoms with van der Waals surface area (Å²) < 4.78 is 0. The molecule has 1 nitrogen and oxygen atoms in total. The molecule has 0 spiro atoms. The van der Waals surface area contributed by atoms with Gasteiger partial charge in [-0.25, -0.2) is 0 Å². The van der Waals surface area contributed by atoms with Gasteiger partial charge in [-0.1, -0.05) is 66.6 Å². The zero-order valence-electron chi connectivity index (χ0n) is 13.5. The van der Waals surface area contributed by atoms with Crippen LogP contribution in [0.15, 0.2) is 60.7 Å². The van der Waals surface area contributed by atoms with Crippen molar-refractivity contribution in [3.8, 4) is 0 Å². The van der Waals surface area contributed by atoms with Crippen molar-refractivity contribution in [2.45, 2.75) is 25.7 Å². The molecule has 0 atom stereocenters. The van der Waals surface area contributed by atoms with Crippen molar-refractivity contribution < 1.29 is 0 Å². The van der Waals surface area contributed by atoms with Crippen LogP contribution in [0.1, 0.15) is 30.4 Å². The van der Waals surface area contributed by atoms with Crippen LogP contribution in [0.25, 0.3) is 5.57 Å². The first-order valence-electron chi connectivity index (χ1n) is 8.52. The van der Waals surface area contributed by atoms with Crippen LogP contribution in [0, 0.1) is 0 Å². The molecule has 23 heavy (non-hydrogen) atoms. The van der Waals surface area contributed by atoms with E-state index in [0.29, 0.717) is 0 Å². The van der Waals surface area contributed by atoms with E-state index in [-0.39, 0.29) is 0 Å². The molecule has 120 valence electrons. The maximum absolute atomic E-state index is 6.01. The van der Waals surface area contributed by atoms with Gasteiger partial charge in [-0.2, -0.15) is 0 Å². The highest BCUT2D eigenvalue weighted by atomic mass is 35.5. The summed E-state index contributed by atoms with van der Waals surface area (Å²) in [6, 6.07) is 18.9. The Labute approximate surface area is 144 Å². The molecular formula is C21H24ClN. The van der Waals surface area contributed by atoms with Gasteiger partial charge in [0.15, 0.2) is 0 Å². The summed E-state index contributed by atoms with van der Waals surface area (Å²) in [5.41, 5.74) is 4.03. The van der Waals surface area contributed by atoms with E-state index in [0.717, 1.165) is 18.0 Å². The lowest BCUT2D eigenvalue weighted by Gasteiger charge is -2.25. The largest absolute Gasteiger partial charge is 0.300 e. The van der Waals surface area contributed by atoms with Gasteiger partial charge in [-0.3, -0.25) is 4.90 Å². The van der Waals surface area contributed by atoms with Crippen LogP contribution in [0.3, 0.4) is 0 Å². The molecule has 0 saturated carbocycles. The van der Waals surface area contributed by atoms with Gasteiger partial charge >= 0.3 is 0 Å². The zero-order chi connectivity index (χ0) is 15.9. The van der Waals surface area contributed by atoms with Gasteiger partial charge in [-0.15, -0.1) is 0 Å². The van der Waals surface area contributed by atoms with Crippen LogP contribution in [-0.4, -0.2) is 24.5 Å². The number of halogens is 1. The highest BCUT2D eigenvalue weighted by Crippen LogP contribution is 2.21. The number of hydrogen-bond donors (Lipinski definition) is 0. The highest BCUT2D eigenvalue weighted by molar-refractivity contribution is 6.30. The van der Waals surface area contributed by atoms with E-state index < -0.39 is 0 Å². The topological polar surface area (TPSA) is 3.24 Å². The van der Waals surface area contributed by atoms with Crippen LogP contribution in [0.2, 0.25) is 5.02 Å². The van der Waals surface area contributed by atoms with Crippen molar-refractivity contribution in [3.63, 3.8) is 0 Å². The Morgan fingerprint density at radius 1 is 0.913 bits per heavy atom. The first-order chi connectivity index (χ1) is 11.3. The predicted octanol–water partition coefficient (Wildman–Crippen LogP) is 5.45. The molecule has 0 N–H and O–H groups in total. The summed E-state index contributed by atoms with van der Waals surface area (Å²) in [6.07, 6.45) is 7.43. The molecule has 3 rings (SSSR count). The SMILES string of the molecule is Clc1ccc(C/C(=C\CN2CCCCC2)c2ccccc2)cc1. The number of allylic oxidation sites excluding steroid dienone is 1. The van der Waals surface area contributed by atoms with Crippen molar-refractivity contribution in [1.82, 2.24) is 4.90 Å². The molecule has 0 radical (unpaired) electrons. The van der Waals surface area contributed by atoms with E-state index in [1.807, 2.05) is 12.1 Å². The average molecular weight is 326 g/mol. The van der Waals surface area contributed by atoms with E-state index in [9.17, 15) is 0 Å². The third-order valence-electron chi connectivity index (χ3n) is 4.50. The minimum atomic E-state index is 0.798. The lowest BCUT2D eigenvalue weighted by Crippen LogP contribution is -2.29. The molecule has 0 unspecified atom stereocenters. The molecule has 2 heteroatoms. The van der Waals surface area contributed by atoms with E-state index in [1.54, 1.807) is 0 Å². The summed E-state index contributed by atoms with van der Waals surface area (Å²) in [7, 11) is 0. The molecule has 1 saturated heterocycles. The molecule has 0 aliphatic carbocycles. The lowest BCUT2D eigenvalue weighted by molar-refractivity contribution is 0.251. The summed E-state index contributed by atoms with van der Waals surface area (Å²) >= 11 is 6.01. The van der Waals surface area contributed by atoms with Crippen LogP contribution in [0.4, 0.5) is 0 Å². The molecule has 2 aromatic rings. The summed E-state index contributed by atoms with van der Waals surface area (Å²) in [5.74, 6) is 0. The smallest absolute Gasteiger partial charge is 0.0406 e. The van der Waals surface area contributed by atoms with Gasteiger partial charge in [0.1, 0.15) is 0 Å². The third-order valence-corrected chi connectivity index (χ3v) is 4.75. The lowest BCUT2D eigenvalue weighted by atomic mass is 9.97. The standard InChI is InChI=1S/C21H24ClN/c22-21-11-9-18(10-12-21)17-20(19-7-3-1-4-8-19)13-16-23-14-5-2-6-15-23/h1,3-4,7-13H,2,5-6,14-17H2/b20-13+. The third kappa shape index (κ3) is 4.95. The summed E-state index contributed by atoms with van der Waals surface area (Å²) in [6.45, 7) is 3.52. The second kappa shape index (κ2) is 8.33. The monoisotopic (exact) mass is 325 g/mol. The maximum atomic E-state index is 6.01. The van der Waals surface area contributed by atoms with Crippen molar-refractivity contribution >= 4 is 17.2 Å². The quantitative estimate of drug-likeness (QED) is 0.706.